The number of nitriles is 1. The van der Waals surface area contributed by atoms with E-state index in [2.05, 4.69) is 26.2 Å². The zero-order valence-electron chi connectivity index (χ0n) is 21.3. The number of benzene rings is 1. The fourth-order valence-corrected chi connectivity index (χ4v) is 7.05. The molecule has 0 bridgehead atoms. The van der Waals surface area contributed by atoms with Gasteiger partial charge in [0.05, 0.1) is 27.4 Å². The van der Waals surface area contributed by atoms with Crippen LogP contribution in [0.1, 0.15) is 24.2 Å². The minimum Gasteiger partial charge on any atom is -0.483 e. The molecule has 4 aromatic rings. The van der Waals surface area contributed by atoms with Crippen LogP contribution in [0, 0.1) is 22.6 Å². The molecule has 1 N–H and O–H groups in total. The van der Waals surface area contributed by atoms with Crippen molar-refractivity contribution in [3.05, 3.63) is 63.8 Å². The Hall–Kier alpha value is -3.50. The van der Waals surface area contributed by atoms with Crippen LogP contribution in [0.25, 0.3) is 22.2 Å². The molecule has 40 heavy (non-hydrogen) atoms. The molecule has 2 aliphatic rings. The average molecular weight is 602 g/mol. The number of fused-ring (bicyclic) bond motifs is 1. The van der Waals surface area contributed by atoms with Gasteiger partial charge in [-0.2, -0.15) is 10.4 Å². The van der Waals surface area contributed by atoms with Crippen LogP contribution in [0.15, 0.2) is 36.8 Å². The summed E-state index contributed by atoms with van der Waals surface area (Å²) in [7, 11) is -3.20. The van der Waals surface area contributed by atoms with Gasteiger partial charge in [0.1, 0.15) is 23.7 Å². The van der Waals surface area contributed by atoms with Crippen molar-refractivity contribution in [2.45, 2.75) is 13.0 Å². The van der Waals surface area contributed by atoms with Crippen molar-refractivity contribution in [3.63, 3.8) is 0 Å². The van der Waals surface area contributed by atoms with E-state index in [0.29, 0.717) is 75.3 Å². The highest BCUT2D eigenvalue weighted by atomic mass is 35.5. The number of halogens is 3. The number of aromatic nitrogens is 4. The van der Waals surface area contributed by atoms with Crippen LogP contribution in [0.5, 0.6) is 5.75 Å². The smallest absolute Gasteiger partial charge is 0.211 e. The van der Waals surface area contributed by atoms with E-state index < -0.39 is 21.9 Å². The predicted molar refractivity (Wildman–Crippen MR) is 148 cm³/mol. The number of rotatable bonds is 6. The molecule has 1 atom stereocenters. The van der Waals surface area contributed by atoms with Crippen molar-refractivity contribution in [1.29, 1.82) is 5.26 Å². The molecule has 0 unspecified atom stereocenters. The first-order chi connectivity index (χ1) is 19.0. The Morgan fingerprint density at radius 1 is 1.15 bits per heavy atom. The van der Waals surface area contributed by atoms with E-state index in [1.807, 2.05) is 4.90 Å². The minimum atomic E-state index is -3.20. The normalized spacial score (nSPS) is 17.4. The van der Waals surface area contributed by atoms with Crippen molar-refractivity contribution >= 4 is 49.9 Å². The monoisotopic (exact) mass is 601 g/mol. The van der Waals surface area contributed by atoms with Gasteiger partial charge in [0.2, 0.25) is 10.0 Å². The lowest BCUT2D eigenvalue weighted by Crippen LogP contribution is -2.73. The van der Waals surface area contributed by atoms with Gasteiger partial charge in [0.25, 0.3) is 0 Å². The molecule has 3 aromatic heterocycles. The summed E-state index contributed by atoms with van der Waals surface area (Å²) >= 11 is 12.5. The Kier molecular flexibility index (Phi) is 6.38. The summed E-state index contributed by atoms with van der Waals surface area (Å²) in [6.45, 7) is 3.89. The standard InChI is InChI=1S/C26H22Cl2FN7O3S/c1-14(23-18(27)8-31-9-19(23)28)39-22-4-17-21(5-20(22)29)33-34-24(17)16-3-15(6-30)25(32-7-16)35-10-26(11-35)12-36(13-26)40(2,37)38/h3-5,7-9,14H,10-13H2,1-2H3,(H,33,34)/t14-/m1/s1. The topological polar surface area (TPSA) is 128 Å². The number of H-pyrrole nitrogens is 1. The van der Waals surface area contributed by atoms with E-state index in [-0.39, 0.29) is 11.2 Å². The van der Waals surface area contributed by atoms with Crippen molar-refractivity contribution in [2.75, 3.05) is 37.3 Å². The van der Waals surface area contributed by atoms with Gasteiger partial charge in [-0.1, -0.05) is 23.2 Å². The molecule has 0 aliphatic carbocycles. The predicted octanol–water partition coefficient (Wildman–Crippen LogP) is 4.56. The Bertz CT molecular complexity index is 1790. The molecule has 2 fully saturated rings. The van der Waals surface area contributed by atoms with Crippen molar-refractivity contribution in [2.24, 2.45) is 5.41 Å². The molecule has 6 rings (SSSR count). The second kappa shape index (κ2) is 9.55. The molecule has 0 radical (unpaired) electrons. The number of hydrogen-bond acceptors (Lipinski definition) is 8. The molecule has 0 saturated carbocycles. The van der Waals surface area contributed by atoms with Crippen LogP contribution in [-0.2, 0) is 10.0 Å². The van der Waals surface area contributed by atoms with Crippen molar-refractivity contribution in [1.82, 2.24) is 24.5 Å². The van der Waals surface area contributed by atoms with Gasteiger partial charge in [-0.25, -0.2) is 22.1 Å². The first kappa shape index (κ1) is 26.7. The highest BCUT2D eigenvalue weighted by molar-refractivity contribution is 7.88. The molecule has 0 amide bonds. The third kappa shape index (κ3) is 4.53. The molecule has 5 heterocycles. The SMILES string of the molecule is C[C@@H](Oc1cc2c(-c3cnc(N4CC5(C4)CN(S(C)(=O)=O)C5)c(C#N)c3)n[nH]c2cc1F)c1c(Cl)cncc1Cl. The van der Waals surface area contributed by atoms with E-state index in [1.165, 1.54) is 35.1 Å². The second-order valence-electron chi connectivity index (χ2n) is 10.3. The Balaban J connectivity index is 1.26. The summed E-state index contributed by atoms with van der Waals surface area (Å²) in [5.41, 5.74) is 2.24. The molecular formula is C26H22Cl2FN7O3S. The number of hydrogen-bond donors (Lipinski definition) is 1. The third-order valence-corrected chi connectivity index (χ3v) is 9.12. The number of sulfonamides is 1. The summed E-state index contributed by atoms with van der Waals surface area (Å²) in [6.07, 6.45) is 5.03. The van der Waals surface area contributed by atoms with Gasteiger partial charge in [-0.15, -0.1) is 0 Å². The zero-order valence-corrected chi connectivity index (χ0v) is 23.6. The maximum absolute atomic E-state index is 15.0. The van der Waals surface area contributed by atoms with Gasteiger partial charge in [-0.3, -0.25) is 10.1 Å². The molecule has 14 heteroatoms. The average Bonchev–Trinajstić information content (AvgIpc) is 3.24. The van der Waals surface area contributed by atoms with Crippen LogP contribution >= 0.6 is 23.2 Å². The summed E-state index contributed by atoms with van der Waals surface area (Å²) < 4.78 is 45.8. The van der Waals surface area contributed by atoms with Crippen LogP contribution in [0.3, 0.4) is 0 Å². The summed E-state index contributed by atoms with van der Waals surface area (Å²) in [5.74, 6) is -0.0881. The Labute approximate surface area is 239 Å². The third-order valence-electron chi connectivity index (χ3n) is 7.32. The number of anilines is 1. The maximum atomic E-state index is 15.0. The number of aromatic amines is 1. The fourth-order valence-electron chi connectivity index (χ4n) is 5.36. The quantitative estimate of drug-likeness (QED) is 0.340. The lowest BCUT2D eigenvalue weighted by molar-refractivity contribution is 0.0395. The Morgan fingerprint density at radius 3 is 2.50 bits per heavy atom. The van der Waals surface area contributed by atoms with Crippen LogP contribution in [0.4, 0.5) is 10.2 Å². The lowest BCUT2D eigenvalue weighted by atomic mass is 9.74. The van der Waals surface area contributed by atoms with Crippen LogP contribution in [0.2, 0.25) is 10.0 Å². The fraction of sp³-hybridized carbons (Fsp3) is 0.308. The summed E-state index contributed by atoms with van der Waals surface area (Å²) in [6, 6.07) is 6.71. The van der Waals surface area contributed by atoms with E-state index in [9.17, 15) is 18.1 Å². The van der Waals surface area contributed by atoms with Crippen LogP contribution < -0.4 is 9.64 Å². The molecular weight excluding hydrogens is 580 g/mol. The molecule has 2 aliphatic heterocycles. The number of ether oxygens (including phenoxy) is 1. The maximum Gasteiger partial charge on any atom is 0.211 e. The second-order valence-corrected chi connectivity index (χ2v) is 13.1. The highest BCUT2D eigenvalue weighted by Crippen LogP contribution is 2.43. The zero-order chi connectivity index (χ0) is 28.4. The number of nitrogens with one attached hydrogen (secondary N) is 1. The van der Waals surface area contributed by atoms with Crippen molar-refractivity contribution < 1.29 is 17.5 Å². The first-order valence-electron chi connectivity index (χ1n) is 12.2. The largest absolute Gasteiger partial charge is 0.483 e. The highest BCUT2D eigenvalue weighted by Gasteiger charge is 2.54. The van der Waals surface area contributed by atoms with E-state index in [0.717, 1.165) is 0 Å². The van der Waals surface area contributed by atoms with Gasteiger partial charge < -0.3 is 9.64 Å². The van der Waals surface area contributed by atoms with Gasteiger partial charge in [0, 0.05) is 72.8 Å². The Morgan fingerprint density at radius 2 is 1.85 bits per heavy atom. The number of nitrogens with zero attached hydrogens (tertiary/aromatic N) is 6. The molecule has 10 nitrogen and oxygen atoms in total. The molecule has 1 spiro atoms. The summed E-state index contributed by atoms with van der Waals surface area (Å²) in [4.78, 5) is 10.5. The van der Waals surface area contributed by atoms with E-state index in [1.54, 1.807) is 19.2 Å². The van der Waals surface area contributed by atoms with Crippen molar-refractivity contribution in [3.8, 4) is 23.1 Å². The van der Waals surface area contributed by atoms with Gasteiger partial charge >= 0.3 is 0 Å². The lowest BCUT2D eigenvalue weighted by Gasteiger charge is -2.59. The van der Waals surface area contributed by atoms with E-state index in [4.69, 9.17) is 27.9 Å². The van der Waals surface area contributed by atoms with Crippen LogP contribution in [-0.4, -0.2) is 65.3 Å². The van der Waals surface area contributed by atoms with Gasteiger partial charge in [0.15, 0.2) is 11.6 Å². The van der Waals surface area contributed by atoms with Gasteiger partial charge in [-0.05, 0) is 19.1 Å². The number of pyridine rings is 2. The molecule has 206 valence electrons. The molecule has 1 aromatic carbocycles. The molecule has 2 saturated heterocycles. The first-order valence-corrected chi connectivity index (χ1v) is 14.8. The minimum absolute atomic E-state index is 0.0220. The summed E-state index contributed by atoms with van der Waals surface area (Å²) in [5, 5.41) is 18.2. The van der Waals surface area contributed by atoms with E-state index >= 15 is 0 Å².